The molecule has 17 heavy (non-hydrogen) atoms. The third-order valence-corrected chi connectivity index (χ3v) is 1.96. The summed E-state index contributed by atoms with van der Waals surface area (Å²) in [5, 5.41) is 8.47. The van der Waals surface area contributed by atoms with Crippen molar-refractivity contribution < 1.29 is 27.8 Å². The summed E-state index contributed by atoms with van der Waals surface area (Å²) in [5.41, 5.74) is -1.50. The van der Waals surface area contributed by atoms with E-state index in [0.717, 1.165) is 13.4 Å². The van der Waals surface area contributed by atoms with E-state index in [2.05, 4.69) is 14.7 Å². The molecule has 1 aromatic rings. The number of hydrogen-bond donors (Lipinski definition) is 1. The molecule has 0 aliphatic carbocycles. The third kappa shape index (κ3) is 3.30. The second-order valence-corrected chi connectivity index (χ2v) is 3.10. The first-order chi connectivity index (χ1) is 7.86. The molecule has 8 heteroatoms. The molecule has 0 unspecified atom stereocenters. The number of carboxylic acid groups (broad SMARTS) is 1. The zero-order chi connectivity index (χ0) is 13.1. The van der Waals surface area contributed by atoms with Crippen molar-refractivity contribution in [3.05, 3.63) is 17.6 Å². The van der Waals surface area contributed by atoms with Gasteiger partial charge in [-0.1, -0.05) is 0 Å². The molecule has 0 amide bonds. The van der Waals surface area contributed by atoms with Crippen LogP contribution in [-0.2, 0) is 17.4 Å². The first-order valence-corrected chi connectivity index (χ1v) is 4.53. The molecule has 0 radical (unpaired) electrons. The van der Waals surface area contributed by atoms with Crippen LogP contribution in [0.1, 0.15) is 17.7 Å². The van der Waals surface area contributed by atoms with E-state index < -0.39 is 24.3 Å². The van der Waals surface area contributed by atoms with Crippen LogP contribution < -0.4 is 4.74 Å². The Balaban J connectivity index is 3.16. The minimum atomic E-state index is -4.66. The number of alkyl halides is 3. The van der Waals surface area contributed by atoms with Gasteiger partial charge in [0.25, 0.3) is 0 Å². The third-order valence-electron chi connectivity index (χ3n) is 1.96. The maximum atomic E-state index is 12.6. The minimum Gasteiger partial charge on any atom is -0.481 e. The normalized spacial score (nSPS) is 11.3. The second kappa shape index (κ2) is 4.98. The molecule has 1 rings (SSSR count). The topological polar surface area (TPSA) is 72.3 Å². The standard InChI is InChI=1S/C9H9F3N2O3/c1-17-8-5(2-3-6(15)16)7(9(10,11)12)13-4-14-8/h4H,2-3H2,1H3,(H,15,16). The number of halogens is 3. The Labute approximate surface area is 94.3 Å². The largest absolute Gasteiger partial charge is 0.481 e. The number of nitrogens with zero attached hydrogens (tertiary/aromatic N) is 2. The van der Waals surface area contributed by atoms with E-state index in [0.29, 0.717) is 0 Å². The smallest absolute Gasteiger partial charge is 0.433 e. The van der Waals surface area contributed by atoms with Crippen LogP contribution in [0.25, 0.3) is 0 Å². The number of aliphatic carboxylic acids is 1. The molecule has 1 aromatic heterocycles. The molecule has 0 bridgehead atoms. The molecule has 1 heterocycles. The second-order valence-electron chi connectivity index (χ2n) is 3.10. The predicted octanol–water partition coefficient (Wildman–Crippen LogP) is 1.52. The Morgan fingerprint density at radius 2 is 2.12 bits per heavy atom. The summed E-state index contributed by atoms with van der Waals surface area (Å²) in [7, 11) is 1.16. The molecular weight excluding hydrogens is 241 g/mol. The van der Waals surface area contributed by atoms with Crippen molar-refractivity contribution >= 4 is 5.97 Å². The lowest BCUT2D eigenvalue weighted by atomic mass is 10.1. The highest BCUT2D eigenvalue weighted by Crippen LogP contribution is 2.33. The number of methoxy groups -OCH3 is 1. The predicted molar refractivity (Wildman–Crippen MR) is 49.5 cm³/mol. The number of carboxylic acids is 1. The summed E-state index contributed by atoms with van der Waals surface area (Å²) in [6.45, 7) is 0. The van der Waals surface area contributed by atoms with Crippen LogP contribution in [0.5, 0.6) is 5.88 Å². The molecule has 0 saturated heterocycles. The van der Waals surface area contributed by atoms with Crippen LogP contribution in [0.2, 0.25) is 0 Å². The maximum absolute atomic E-state index is 12.6. The zero-order valence-electron chi connectivity index (χ0n) is 8.78. The van der Waals surface area contributed by atoms with Crippen LogP contribution in [0.15, 0.2) is 6.33 Å². The molecular formula is C9H9F3N2O3. The van der Waals surface area contributed by atoms with Crippen molar-refractivity contribution in [2.75, 3.05) is 7.11 Å². The van der Waals surface area contributed by atoms with Crippen molar-refractivity contribution in [3.8, 4) is 5.88 Å². The van der Waals surface area contributed by atoms with Gasteiger partial charge in [0.2, 0.25) is 5.88 Å². The highest BCUT2D eigenvalue weighted by molar-refractivity contribution is 5.67. The summed E-state index contributed by atoms with van der Waals surface area (Å²) >= 11 is 0. The summed E-state index contributed by atoms with van der Waals surface area (Å²) in [4.78, 5) is 17.0. The maximum Gasteiger partial charge on any atom is 0.433 e. The van der Waals surface area contributed by atoms with Gasteiger partial charge < -0.3 is 9.84 Å². The summed E-state index contributed by atoms with van der Waals surface area (Å²) in [5.74, 6) is -1.46. The van der Waals surface area contributed by atoms with E-state index in [1.165, 1.54) is 0 Å². The number of rotatable bonds is 4. The molecule has 0 aliphatic heterocycles. The van der Waals surface area contributed by atoms with Gasteiger partial charge in [-0.3, -0.25) is 4.79 Å². The lowest BCUT2D eigenvalue weighted by Gasteiger charge is -2.13. The van der Waals surface area contributed by atoms with Crippen molar-refractivity contribution in [1.29, 1.82) is 0 Å². The lowest BCUT2D eigenvalue weighted by molar-refractivity contribution is -0.143. The Bertz CT molecular complexity index is 420. The highest BCUT2D eigenvalue weighted by Gasteiger charge is 2.37. The average molecular weight is 250 g/mol. The highest BCUT2D eigenvalue weighted by atomic mass is 19.4. The first kappa shape index (κ1) is 13.2. The Morgan fingerprint density at radius 3 is 2.59 bits per heavy atom. The molecule has 5 nitrogen and oxygen atoms in total. The number of ether oxygens (including phenoxy) is 1. The van der Waals surface area contributed by atoms with E-state index in [9.17, 15) is 18.0 Å². The number of aromatic nitrogens is 2. The molecule has 0 saturated carbocycles. The van der Waals surface area contributed by atoms with Crippen LogP contribution in [-0.4, -0.2) is 28.2 Å². The minimum absolute atomic E-state index is 0.256. The molecule has 0 spiro atoms. The van der Waals surface area contributed by atoms with Gasteiger partial charge in [-0.2, -0.15) is 13.2 Å². The van der Waals surface area contributed by atoms with Crippen molar-refractivity contribution in [2.24, 2.45) is 0 Å². The quantitative estimate of drug-likeness (QED) is 0.877. The van der Waals surface area contributed by atoms with Gasteiger partial charge in [-0.25, -0.2) is 9.97 Å². The number of carbonyl (C=O) groups is 1. The van der Waals surface area contributed by atoms with E-state index in [-0.39, 0.29) is 17.9 Å². The van der Waals surface area contributed by atoms with Gasteiger partial charge in [0.1, 0.15) is 6.33 Å². The van der Waals surface area contributed by atoms with Crippen LogP contribution in [0, 0.1) is 0 Å². The average Bonchev–Trinajstić information content (AvgIpc) is 2.24. The zero-order valence-corrected chi connectivity index (χ0v) is 8.78. The molecule has 0 aliphatic rings. The summed E-state index contributed by atoms with van der Waals surface area (Å²) in [6, 6.07) is 0. The Hall–Kier alpha value is -1.86. The fraction of sp³-hybridized carbons (Fsp3) is 0.444. The van der Waals surface area contributed by atoms with Crippen molar-refractivity contribution in [3.63, 3.8) is 0 Å². The van der Waals surface area contributed by atoms with E-state index in [4.69, 9.17) is 5.11 Å². The van der Waals surface area contributed by atoms with E-state index in [1.54, 1.807) is 0 Å². The monoisotopic (exact) mass is 250 g/mol. The first-order valence-electron chi connectivity index (χ1n) is 4.53. The summed E-state index contributed by atoms with van der Waals surface area (Å²) in [6.07, 6.45) is -4.73. The molecule has 1 N–H and O–H groups in total. The van der Waals surface area contributed by atoms with Gasteiger partial charge in [0.05, 0.1) is 7.11 Å². The SMILES string of the molecule is COc1ncnc(C(F)(F)F)c1CCC(=O)O. The van der Waals surface area contributed by atoms with Gasteiger partial charge in [-0.15, -0.1) is 0 Å². The molecule has 0 fully saturated rings. The lowest BCUT2D eigenvalue weighted by Crippen LogP contribution is -2.15. The van der Waals surface area contributed by atoms with E-state index >= 15 is 0 Å². The molecule has 94 valence electrons. The Kier molecular flexibility index (Phi) is 3.87. The van der Waals surface area contributed by atoms with Gasteiger partial charge >= 0.3 is 12.1 Å². The fourth-order valence-electron chi connectivity index (χ4n) is 1.27. The summed E-state index contributed by atoms with van der Waals surface area (Å²) < 4.78 is 42.5. The number of hydrogen-bond acceptors (Lipinski definition) is 4. The van der Waals surface area contributed by atoms with Gasteiger partial charge in [0.15, 0.2) is 5.69 Å². The molecule has 0 aromatic carbocycles. The van der Waals surface area contributed by atoms with E-state index in [1.807, 2.05) is 0 Å². The van der Waals surface area contributed by atoms with Crippen molar-refractivity contribution in [2.45, 2.75) is 19.0 Å². The van der Waals surface area contributed by atoms with Gasteiger partial charge in [0, 0.05) is 12.0 Å². The van der Waals surface area contributed by atoms with Crippen LogP contribution in [0.4, 0.5) is 13.2 Å². The van der Waals surface area contributed by atoms with Crippen LogP contribution >= 0.6 is 0 Å². The fourth-order valence-corrected chi connectivity index (χ4v) is 1.27. The van der Waals surface area contributed by atoms with Crippen molar-refractivity contribution in [1.82, 2.24) is 9.97 Å². The molecule has 0 atom stereocenters. The van der Waals surface area contributed by atoms with Crippen LogP contribution in [0.3, 0.4) is 0 Å². The Morgan fingerprint density at radius 1 is 1.47 bits per heavy atom. The van der Waals surface area contributed by atoms with Gasteiger partial charge in [-0.05, 0) is 6.42 Å².